The first-order chi connectivity index (χ1) is 33.5. The van der Waals surface area contributed by atoms with E-state index in [9.17, 15) is 33.6 Å². The van der Waals surface area contributed by atoms with E-state index < -0.39 is 6.04 Å². The number of aromatic nitrogens is 2. The molecular formula is C54H60N8O8Y-2. The zero-order valence-corrected chi connectivity index (χ0v) is 43.8. The van der Waals surface area contributed by atoms with Crippen molar-refractivity contribution in [3.05, 3.63) is 159 Å². The molecule has 1 unspecified atom stereocenters. The second-order valence-corrected chi connectivity index (χ2v) is 18.7. The molecule has 0 bridgehead atoms. The van der Waals surface area contributed by atoms with E-state index >= 15 is 0 Å². The van der Waals surface area contributed by atoms with Crippen LogP contribution in [0.2, 0.25) is 0 Å². The number of hydrogen-bond acceptors (Lipinski definition) is 10. The number of fused-ring (bicyclic) bond motifs is 1. The van der Waals surface area contributed by atoms with Crippen LogP contribution in [0.5, 0.6) is 0 Å². The number of piperazine rings is 1. The van der Waals surface area contributed by atoms with Gasteiger partial charge >= 0.3 is 0 Å². The van der Waals surface area contributed by atoms with Crippen molar-refractivity contribution in [3.8, 4) is 11.3 Å². The first-order valence-corrected chi connectivity index (χ1v) is 23.5. The van der Waals surface area contributed by atoms with Gasteiger partial charge in [0, 0.05) is 127 Å². The Morgan fingerprint density at radius 2 is 1.58 bits per heavy atom. The molecule has 4 aromatic carbocycles. The molecule has 8 rings (SSSR count). The Hall–Kier alpha value is -6.33. The zero-order chi connectivity index (χ0) is 50.1. The van der Waals surface area contributed by atoms with Crippen molar-refractivity contribution < 1.29 is 66.2 Å². The molecule has 1 aromatic heterocycles. The van der Waals surface area contributed by atoms with Gasteiger partial charge in [-0.15, -0.1) is 5.56 Å². The van der Waals surface area contributed by atoms with Crippen molar-refractivity contribution in [1.29, 1.82) is 0 Å². The number of hydrogen-bond donors (Lipinski definition) is 3. The molecule has 369 valence electrons. The van der Waals surface area contributed by atoms with E-state index in [0.717, 1.165) is 47.5 Å². The molecule has 1 radical (unpaired) electrons. The molecule has 3 aliphatic heterocycles. The van der Waals surface area contributed by atoms with Gasteiger partial charge in [0.15, 0.2) is 5.91 Å². The van der Waals surface area contributed by atoms with Crippen LogP contribution in [0.4, 0.5) is 5.69 Å². The number of imide groups is 1. The summed E-state index contributed by atoms with van der Waals surface area (Å²) in [6, 6.07) is 28.4. The van der Waals surface area contributed by atoms with Gasteiger partial charge in [0.2, 0.25) is 11.8 Å². The third-order valence-corrected chi connectivity index (χ3v) is 12.7. The molecule has 2 saturated heterocycles. The average molecular weight is 1040 g/mol. The number of piperidine rings is 1. The summed E-state index contributed by atoms with van der Waals surface area (Å²) in [4.78, 5) is 95.9. The van der Waals surface area contributed by atoms with Gasteiger partial charge in [0.1, 0.15) is 11.7 Å². The predicted octanol–water partition coefficient (Wildman–Crippen LogP) is 4.87. The van der Waals surface area contributed by atoms with Gasteiger partial charge in [-0.1, -0.05) is 62.7 Å². The number of nitrogens with zero attached hydrogens (tertiary/aromatic N) is 5. The van der Waals surface area contributed by atoms with Crippen molar-refractivity contribution in [2.24, 2.45) is 7.05 Å². The van der Waals surface area contributed by atoms with Gasteiger partial charge in [-0.3, -0.25) is 39.0 Å². The third kappa shape index (κ3) is 13.8. The minimum absolute atomic E-state index is 0. The maximum absolute atomic E-state index is 13.3. The number of benzene rings is 4. The van der Waals surface area contributed by atoms with E-state index in [0.29, 0.717) is 86.0 Å². The Kier molecular flexibility index (Phi) is 18.4. The number of rotatable bonds is 13. The van der Waals surface area contributed by atoms with Crippen LogP contribution in [-0.4, -0.2) is 118 Å². The van der Waals surface area contributed by atoms with Crippen LogP contribution >= 0.6 is 0 Å². The quantitative estimate of drug-likeness (QED) is 0.0834. The molecule has 71 heavy (non-hydrogen) atoms. The van der Waals surface area contributed by atoms with Gasteiger partial charge in [-0.05, 0) is 65.8 Å². The SMILES string of the molecule is O=C1CCC(N2Cc3[c-]cccc3C2=O)C(=O)N1.[CH2-]C(=O)NCCOCCN1CCN(C(=O)c2ccc(Cc3nc(-c4cccc(NC(=O)c5ccc(C(C)(C)C)cc5)c4C)cn(C)c3=O)cc2)CC1.[Y]. The smallest absolute Gasteiger partial charge is 0.272 e. The van der Waals surface area contributed by atoms with E-state index in [2.05, 4.69) is 54.6 Å². The van der Waals surface area contributed by atoms with Gasteiger partial charge in [0.25, 0.3) is 17.4 Å². The zero-order valence-electron chi connectivity index (χ0n) is 41.0. The normalized spacial score (nSPS) is 15.7. The molecule has 3 aliphatic rings. The van der Waals surface area contributed by atoms with Crippen molar-refractivity contribution in [3.63, 3.8) is 0 Å². The summed E-state index contributed by atoms with van der Waals surface area (Å²) >= 11 is 0. The van der Waals surface area contributed by atoms with E-state index in [1.54, 1.807) is 31.4 Å². The molecule has 2 fully saturated rings. The molecular weight excluding hydrogens is 978 g/mol. The van der Waals surface area contributed by atoms with Gasteiger partial charge < -0.3 is 41.5 Å². The molecule has 16 nitrogen and oxygen atoms in total. The Labute approximate surface area is 439 Å². The van der Waals surface area contributed by atoms with Gasteiger partial charge in [-0.2, -0.15) is 24.3 Å². The molecule has 3 N–H and O–H groups in total. The van der Waals surface area contributed by atoms with E-state index in [1.165, 1.54) is 9.47 Å². The maximum atomic E-state index is 13.3. The summed E-state index contributed by atoms with van der Waals surface area (Å²) in [5.74, 6) is -1.35. The van der Waals surface area contributed by atoms with Crippen LogP contribution in [-0.2, 0) is 77.3 Å². The first-order valence-electron chi connectivity index (χ1n) is 23.5. The standard InChI is InChI=1S/C41H49N6O5.C13H11N2O3.Y/c1-28-34(8-7-9-35(28)44-38(49)31-14-16-33(17-15-31)41(3,4)5)37-27-45(6)40(51)36(43-37)26-30-10-12-32(13-11-30)39(50)47-21-19-46(20-22-47)23-25-52-24-18-42-29(2)48;16-11-6-5-10(12(17)14-11)15-7-8-3-1-2-4-9(8)13(15)18;/h7-17,27H,2,18-26H2,1,3-6H3,(H,42,48)(H,44,49);1-2,4,10H,5-7H2,(H,14,16,17);/q2*-1;. The summed E-state index contributed by atoms with van der Waals surface area (Å²) in [5.41, 5.74) is 7.74. The van der Waals surface area contributed by atoms with Gasteiger partial charge in [-0.25, -0.2) is 4.98 Å². The Bertz CT molecular complexity index is 2820. The summed E-state index contributed by atoms with van der Waals surface area (Å²) in [7, 11) is 1.71. The Balaban J connectivity index is 0.000000361. The van der Waals surface area contributed by atoms with Crippen LogP contribution in [0.25, 0.3) is 11.3 Å². The number of ether oxygens (including phenoxy) is 1. The van der Waals surface area contributed by atoms with Crippen molar-refractivity contribution in [1.82, 2.24) is 34.9 Å². The van der Waals surface area contributed by atoms with Crippen LogP contribution in [0.1, 0.15) is 92.6 Å². The Morgan fingerprint density at radius 1 is 0.887 bits per heavy atom. The predicted molar refractivity (Wildman–Crippen MR) is 265 cm³/mol. The van der Waals surface area contributed by atoms with Crippen LogP contribution < -0.4 is 21.5 Å². The fraction of sp³-hybridized carbons (Fsp3) is 0.352. The monoisotopic (exact) mass is 1040 g/mol. The van der Waals surface area contributed by atoms with Crippen LogP contribution in [0, 0.1) is 19.9 Å². The molecule has 0 spiro atoms. The van der Waals surface area contributed by atoms with E-state index in [1.807, 2.05) is 78.6 Å². The van der Waals surface area contributed by atoms with Crippen LogP contribution in [0.15, 0.2) is 95.9 Å². The molecule has 0 aliphatic carbocycles. The minimum Gasteiger partial charge on any atom is -0.379 e. The summed E-state index contributed by atoms with van der Waals surface area (Å²) < 4.78 is 7.10. The third-order valence-electron chi connectivity index (χ3n) is 12.7. The van der Waals surface area contributed by atoms with Crippen molar-refractivity contribution in [2.75, 3.05) is 57.8 Å². The molecule has 5 aromatic rings. The van der Waals surface area contributed by atoms with Crippen molar-refractivity contribution in [2.45, 2.75) is 65.0 Å². The largest absolute Gasteiger partial charge is 0.379 e. The summed E-state index contributed by atoms with van der Waals surface area (Å²) in [6.45, 7) is 17.0. The summed E-state index contributed by atoms with van der Waals surface area (Å²) in [5, 5.41) is 7.92. The second-order valence-electron chi connectivity index (χ2n) is 18.7. The summed E-state index contributed by atoms with van der Waals surface area (Å²) in [6.07, 6.45) is 2.69. The van der Waals surface area contributed by atoms with Gasteiger partial charge in [0.05, 0.1) is 24.8 Å². The molecule has 6 amide bonds. The number of anilines is 1. The van der Waals surface area contributed by atoms with Crippen LogP contribution in [0.3, 0.4) is 0 Å². The molecule has 4 heterocycles. The molecule has 1 atom stereocenters. The average Bonchev–Trinajstić information content (AvgIpc) is 3.67. The number of amides is 6. The molecule has 17 heteroatoms. The maximum Gasteiger partial charge on any atom is 0.272 e. The molecule has 0 saturated carbocycles. The van der Waals surface area contributed by atoms with E-state index in [4.69, 9.17) is 9.72 Å². The van der Waals surface area contributed by atoms with Crippen molar-refractivity contribution >= 4 is 41.1 Å². The number of carbonyl (C=O) groups is 6. The number of nitrogens with one attached hydrogen (secondary N) is 3. The fourth-order valence-corrected chi connectivity index (χ4v) is 8.58. The number of aryl methyl sites for hydroxylation is 1. The number of carbonyl (C=O) groups excluding carboxylic acids is 6. The second kappa shape index (κ2) is 24.2. The van der Waals surface area contributed by atoms with E-state index in [-0.39, 0.29) is 85.5 Å². The Morgan fingerprint density at radius 3 is 2.24 bits per heavy atom. The minimum atomic E-state index is -0.545. The fourth-order valence-electron chi connectivity index (χ4n) is 8.58. The topological polar surface area (TPSA) is 192 Å². The first kappa shape index (κ1) is 54.0.